The van der Waals surface area contributed by atoms with Crippen LogP contribution in [-0.2, 0) is 19.4 Å². The summed E-state index contributed by atoms with van der Waals surface area (Å²) in [5.41, 5.74) is 0.620. The van der Waals surface area contributed by atoms with Crippen molar-refractivity contribution in [2.75, 3.05) is 23.9 Å². The van der Waals surface area contributed by atoms with Crippen LogP contribution >= 0.6 is 0 Å². The van der Waals surface area contributed by atoms with Gasteiger partial charge in [-0.1, -0.05) is 6.07 Å². The van der Waals surface area contributed by atoms with Crippen molar-refractivity contribution < 1.29 is 27.2 Å². The van der Waals surface area contributed by atoms with E-state index in [2.05, 4.69) is 10.6 Å². The molecular weight excluding hydrogens is 353 g/mol. The molecule has 136 valence electrons. The molecule has 1 fully saturated rings. The van der Waals surface area contributed by atoms with Crippen molar-refractivity contribution in [3.05, 3.63) is 29.6 Å². The second-order valence-electron chi connectivity index (χ2n) is 5.88. The minimum atomic E-state index is -3.29. The number of imide groups is 1. The SMILES string of the molecule is Cc1ccc(NC(=O)CN2C(=O)NC(CCS(C)(=O)=O)C2=O)c(F)c1. The van der Waals surface area contributed by atoms with Crippen LogP contribution in [0.1, 0.15) is 12.0 Å². The van der Waals surface area contributed by atoms with Gasteiger partial charge in [0.15, 0.2) is 0 Å². The number of nitrogens with one attached hydrogen (secondary N) is 2. The van der Waals surface area contributed by atoms with Gasteiger partial charge in [0, 0.05) is 6.26 Å². The molecule has 2 rings (SSSR count). The van der Waals surface area contributed by atoms with Crippen molar-refractivity contribution in [3.63, 3.8) is 0 Å². The fourth-order valence-electron chi connectivity index (χ4n) is 2.31. The van der Waals surface area contributed by atoms with Crippen LogP contribution in [0.2, 0.25) is 0 Å². The first-order chi connectivity index (χ1) is 11.6. The lowest BCUT2D eigenvalue weighted by Gasteiger charge is -2.13. The van der Waals surface area contributed by atoms with Crippen LogP contribution in [-0.4, -0.2) is 55.8 Å². The van der Waals surface area contributed by atoms with Gasteiger partial charge in [-0.3, -0.25) is 14.5 Å². The summed E-state index contributed by atoms with van der Waals surface area (Å²) in [6.45, 7) is 1.10. The van der Waals surface area contributed by atoms with E-state index in [9.17, 15) is 27.2 Å². The Bertz CT molecular complexity index is 824. The average molecular weight is 371 g/mol. The quantitative estimate of drug-likeness (QED) is 0.704. The van der Waals surface area contributed by atoms with E-state index in [0.717, 1.165) is 6.26 Å². The molecule has 0 saturated carbocycles. The van der Waals surface area contributed by atoms with E-state index in [-0.39, 0.29) is 17.9 Å². The number of aryl methyl sites for hydroxylation is 1. The zero-order valence-electron chi connectivity index (χ0n) is 13.7. The van der Waals surface area contributed by atoms with Crippen molar-refractivity contribution in [2.45, 2.75) is 19.4 Å². The predicted molar refractivity (Wildman–Crippen MR) is 88.1 cm³/mol. The van der Waals surface area contributed by atoms with E-state index in [1.54, 1.807) is 13.0 Å². The summed E-state index contributed by atoms with van der Waals surface area (Å²) in [4.78, 5) is 36.6. The summed E-state index contributed by atoms with van der Waals surface area (Å²) in [7, 11) is -3.29. The van der Waals surface area contributed by atoms with Gasteiger partial charge in [-0.15, -0.1) is 0 Å². The summed E-state index contributed by atoms with van der Waals surface area (Å²) >= 11 is 0. The van der Waals surface area contributed by atoms with E-state index in [1.165, 1.54) is 12.1 Å². The van der Waals surface area contributed by atoms with Gasteiger partial charge in [0.1, 0.15) is 28.2 Å². The first kappa shape index (κ1) is 18.8. The van der Waals surface area contributed by atoms with Gasteiger partial charge >= 0.3 is 6.03 Å². The van der Waals surface area contributed by atoms with Crippen LogP contribution in [0.25, 0.3) is 0 Å². The van der Waals surface area contributed by atoms with E-state index in [1.807, 2.05) is 0 Å². The summed E-state index contributed by atoms with van der Waals surface area (Å²) in [6, 6.07) is 2.44. The van der Waals surface area contributed by atoms with E-state index in [0.29, 0.717) is 10.5 Å². The van der Waals surface area contributed by atoms with Gasteiger partial charge in [-0.05, 0) is 31.0 Å². The highest BCUT2D eigenvalue weighted by Crippen LogP contribution is 2.16. The van der Waals surface area contributed by atoms with Crippen molar-refractivity contribution >= 4 is 33.4 Å². The third kappa shape index (κ3) is 4.99. The highest BCUT2D eigenvalue weighted by molar-refractivity contribution is 7.90. The van der Waals surface area contributed by atoms with E-state index >= 15 is 0 Å². The van der Waals surface area contributed by atoms with Gasteiger partial charge in [-0.2, -0.15) is 0 Å². The molecule has 1 atom stereocenters. The molecule has 1 aliphatic heterocycles. The summed E-state index contributed by atoms with van der Waals surface area (Å²) in [5, 5.41) is 4.63. The average Bonchev–Trinajstić information content (AvgIpc) is 2.75. The molecule has 1 saturated heterocycles. The van der Waals surface area contributed by atoms with Gasteiger partial charge in [-0.25, -0.2) is 17.6 Å². The molecule has 1 aliphatic rings. The number of hydrogen-bond donors (Lipinski definition) is 2. The van der Waals surface area contributed by atoms with Crippen LogP contribution in [0.15, 0.2) is 18.2 Å². The number of urea groups is 1. The Morgan fingerprint density at radius 2 is 2.04 bits per heavy atom. The Hall–Kier alpha value is -2.49. The minimum Gasteiger partial charge on any atom is -0.326 e. The summed E-state index contributed by atoms with van der Waals surface area (Å²) in [5.74, 6) is -2.32. The molecule has 0 radical (unpaired) electrons. The topological polar surface area (TPSA) is 113 Å². The first-order valence-electron chi connectivity index (χ1n) is 7.42. The molecule has 10 heteroatoms. The number of anilines is 1. The molecule has 4 amide bonds. The maximum absolute atomic E-state index is 13.7. The summed E-state index contributed by atoms with van der Waals surface area (Å²) < 4.78 is 36.0. The lowest BCUT2D eigenvalue weighted by molar-refractivity contribution is -0.130. The van der Waals surface area contributed by atoms with Crippen LogP contribution < -0.4 is 10.6 Å². The monoisotopic (exact) mass is 371 g/mol. The van der Waals surface area contributed by atoms with Gasteiger partial charge < -0.3 is 10.6 Å². The Morgan fingerprint density at radius 1 is 1.36 bits per heavy atom. The molecule has 1 unspecified atom stereocenters. The van der Waals surface area contributed by atoms with Gasteiger partial charge in [0.25, 0.3) is 5.91 Å². The Labute approximate surface area is 144 Å². The number of carbonyl (C=O) groups is 3. The van der Waals surface area contributed by atoms with Gasteiger partial charge in [0.2, 0.25) is 5.91 Å². The maximum atomic E-state index is 13.7. The Balaban J connectivity index is 1.98. The number of nitrogens with zero attached hydrogens (tertiary/aromatic N) is 1. The fraction of sp³-hybridized carbons (Fsp3) is 0.400. The first-order valence-corrected chi connectivity index (χ1v) is 9.48. The molecule has 1 aromatic carbocycles. The van der Waals surface area contributed by atoms with Crippen molar-refractivity contribution in [1.82, 2.24) is 10.2 Å². The highest BCUT2D eigenvalue weighted by Gasteiger charge is 2.39. The molecule has 1 aromatic rings. The number of amides is 4. The lowest BCUT2D eigenvalue weighted by atomic mass is 10.2. The minimum absolute atomic E-state index is 0.0590. The van der Waals surface area contributed by atoms with Crippen molar-refractivity contribution in [2.24, 2.45) is 0 Å². The van der Waals surface area contributed by atoms with Crippen molar-refractivity contribution in [1.29, 1.82) is 0 Å². The highest BCUT2D eigenvalue weighted by atomic mass is 32.2. The molecule has 25 heavy (non-hydrogen) atoms. The summed E-state index contributed by atoms with van der Waals surface area (Å²) in [6.07, 6.45) is 0.948. The molecule has 1 heterocycles. The second-order valence-corrected chi connectivity index (χ2v) is 8.14. The number of sulfone groups is 1. The van der Waals surface area contributed by atoms with E-state index in [4.69, 9.17) is 0 Å². The maximum Gasteiger partial charge on any atom is 0.325 e. The molecule has 0 aromatic heterocycles. The molecular formula is C15H18FN3O5S. The van der Waals surface area contributed by atoms with Crippen molar-refractivity contribution in [3.8, 4) is 0 Å². The second kappa shape index (κ2) is 7.18. The molecule has 8 nitrogen and oxygen atoms in total. The standard InChI is InChI=1S/C15H18FN3O5S/c1-9-3-4-11(10(16)7-9)17-13(20)8-19-14(21)12(18-15(19)22)5-6-25(2,23)24/h3-4,7,12H,5-6,8H2,1-2H3,(H,17,20)(H,18,22). The smallest absolute Gasteiger partial charge is 0.325 e. The predicted octanol–water partition coefficient (Wildman–Crippen LogP) is 0.428. The number of hydrogen-bond acceptors (Lipinski definition) is 5. The molecule has 0 bridgehead atoms. The normalized spacial score (nSPS) is 17.6. The molecule has 2 N–H and O–H groups in total. The zero-order chi connectivity index (χ0) is 18.8. The third-order valence-electron chi connectivity index (χ3n) is 3.58. The largest absolute Gasteiger partial charge is 0.326 e. The van der Waals surface area contributed by atoms with Gasteiger partial charge in [0.05, 0.1) is 11.4 Å². The number of rotatable bonds is 6. The Morgan fingerprint density at radius 3 is 2.64 bits per heavy atom. The van der Waals surface area contributed by atoms with Crippen LogP contribution in [0.5, 0.6) is 0 Å². The Kier molecular flexibility index (Phi) is 5.41. The third-order valence-corrected chi connectivity index (χ3v) is 4.56. The van der Waals surface area contributed by atoms with Crippen LogP contribution in [0, 0.1) is 12.7 Å². The molecule has 0 spiro atoms. The number of halogens is 1. The van der Waals surface area contributed by atoms with Crippen LogP contribution in [0.3, 0.4) is 0 Å². The molecule has 0 aliphatic carbocycles. The number of carbonyl (C=O) groups excluding carboxylic acids is 3. The van der Waals surface area contributed by atoms with E-state index < -0.39 is 46.1 Å². The number of benzene rings is 1. The fourth-order valence-corrected chi connectivity index (χ4v) is 2.97. The lowest BCUT2D eigenvalue weighted by Crippen LogP contribution is -2.38. The van der Waals surface area contributed by atoms with Crippen LogP contribution in [0.4, 0.5) is 14.9 Å². The zero-order valence-corrected chi connectivity index (χ0v) is 14.5.